The lowest BCUT2D eigenvalue weighted by molar-refractivity contribution is 0.0734. The smallest absolute Gasteiger partial charge is 0.343 e. The van der Waals surface area contributed by atoms with Gasteiger partial charge in [0, 0.05) is 6.07 Å². The Morgan fingerprint density at radius 2 is 1.72 bits per heavy atom. The number of carbonyl (C=O) groups is 2. The highest BCUT2D eigenvalue weighted by Gasteiger charge is 2.30. The lowest BCUT2D eigenvalue weighted by Crippen LogP contribution is -2.08. The largest absolute Gasteiger partial charge is 0.452 e. The molecular formula is C24H17FO4. The Labute approximate surface area is 167 Å². The van der Waals surface area contributed by atoms with Gasteiger partial charge < -0.3 is 9.47 Å². The Kier molecular flexibility index (Phi) is 4.72. The fraction of sp³-hybridized carbons (Fsp3) is 0.0833. The molecule has 0 bridgehead atoms. The van der Waals surface area contributed by atoms with Crippen molar-refractivity contribution < 1.29 is 23.5 Å². The molecule has 0 unspecified atom stereocenters. The van der Waals surface area contributed by atoms with Crippen LogP contribution in [0.4, 0.5) is 4.39 Å². The molecule has 0 saturated carbocycles. The number of aryl methyl sites for hydroxylation is 2. The lowest BCUT2D eigenvalue weighted by atomic mass is 10.0. The van der Waals surface area contributed by atoms with Crippen molar-refractivity contribution >= 4 is 17.8 Å². The van der Waals surface area contributed by atoms with Gasteiger partial charge in [-0.25, -0.2) is 9.18 Å². The fourth-order valence-electron chi connectivity index (χ4n) is 3.18. The topological polar surface area (TPSA) is 52.6 Å². The van der Waals surface area contributed by atoms with Crippen molar-refractivity contribution in [3.8, 4) is 11.5 Å². The predicted molar refractivity (Wildman–Crippen MR) is 107 cm³/mol. The van der Waals surface area contributed by atoms with Crippen LogP contribution in [0.2, 0.25) is 0 Å². The third-order valence-electron chi connectivity index (χ3n) is 4.71. The molecule has 0 atom stereocenters. The van der Waals surface area contributed by atoms with Gasteiger partial charge in [-0.05, 0) is 66.9 Å². The minimum atomic E-state index is -0.621. The molecule has 4 rings (SSSR count). The van der Waals surface area contributed by atoms with Crippen molar-refractivity contribution in [3.05, 3.63) is 100 Å². The van der Waals surface area contributed by atoms with Gasteiger partial charge in [-0.15, -0.1) is 0 Å². The molecule has 0 amide bonds. The third-order valence-corrected chi connectivity index (χ3v) is 4.71. The van der Waals surface area contributed by atoms with Crippen molar-refractivity contribution in [3.63, 3.8) is 0 Å². The Balaban J connectivity index is 1.62. The number of benzene rings is 3. The van der Waals surface area contributed by atoms with Gasteiger partial charge in [0.05, 0.1) is 11.1 Å². The van der Waals surface area contributed by atoms with Crippen LogP contribution in [0.3, 0.4) is 0 Å². The molecule has 4 nitrogen and oxygen atoms in total. The maximum absolute atomic E-state index is 13.0. The minimum absolute atomic E-state index is 0.211. The zero-order chi connectivity index (χ0) is 20.5. The van der Waals surface area contributed by atoms with E-state index in [1.54, 1.807) is 19.1 Å². The summed E-state index contributed by atoms with van der Waals surface area (Å²) in [6.07, 6.45) is 1.71. The van der Waals surface area contributed by atoms with Crippen molar-refractivity contribution in [1.29, 1.82) is 0 Å². The van der Waals surface area contributed by atoms with E-state index < -0.39 is 11.8 Å². The summed E-state index contributed by atoms with van der Waals surface area (Å²) in [6, 6.07) is 15.9. The maximum Gasteiger partial charge on any atom is 0.343 e. The second-order valence-corrected chi connectivity index (χ2v) is 6.81. The Morgan fingerprint density at radius 1 is 1.00 bits per heavy atom. The van der Waals surface area contributed by atoms with Gasteiger partial charge in [0.15, 0.2) is 5.76 Å². The summed E-state index contributed by atoms with van der Waals surface area (Å²) in [5.41, 5.74) is 3.23. The van der Waals surface area contributed by atoms with E-state index in [-0.39, 0.29) is 22.9 Å². The van der Waals surface area contributed by atoms with Crippen molar-refractivity contribution in [2.45, 2.75) is 13.8 Å². The highest BCUT2D eigenvalue weighted by Crippen LogP contribution is 2.37. The summed E-state index contributed by atoms with van der Waals surface area (Å²) in [4.78, 5) is 25.1. The number of carbonyl (C=O) groups excluding carboxylic acids is 2. The number of esters is 1. The number of hydrogen-bond acceptors (Lipinski definition) is 4. The molecule has 3 aromatic rings. The van der Waals surface area contributed by atoms with E-state index in [0.717, 1.165) is 11.1 Å². The normalized spacial score (nSPS) is 13.9. The number of rotatable bonds is 3. The SMILES string of the molecule is Cc1ccccc1/C=C1\Oc2cc(OC(=O)c3ccc(F)cc3)cc(C)c2C1=O. The van der Waals surface area contributed by atoms with Gasteiger partial charge in [-0.3, -0.25) is 4.79 Å². The molecule has 1 aliphatic heterocycles. The van der Waals surface area contributed by atoms with E-state index in [0.29, 0.717) is 16.9 Å². The number of fused-ring (bicyclic) bond motifs is 1. The summed E-state index contributed by atoms with van der Waals surface area (Å²) in [5.74, 6) is -0.451. The first-order chi connectivity index (χ1) is 13.9. The highest BCUT2D eigenvalue weighted by atomic mass is 19.1. The molecule has 0 aromatic heterocycles. The second-order valence-electron chi connectivity index (χ2n) is 6.81. The molecule has 0 spiro atoms. The van der Waals surface area contributed by atoms with Crippen LogP contribution < -0.4 is 9.47 Å². The maximum atomic E-state index is 13.0. The molecular weight excluding hydrogens is 371 g/mol. The van der Waals surface area contributed by atoms with Crippen LogP contribution in [-0.4, -0.2) is 11.8 Å². The van der Waals surface area contributed by atoms with Gasteiger partial charge in [-0.1, -0.05) is 24.3 Å². The number of ketones is 1. The molecule has 144 valence electrons. The van der Waals surface area contributed by atoms with Crippen LogP contribution in [0.15, 0.2) is 66.4 Å². The summed E-state index contributed by atoms with van der Waals surface area (Å²) < 4.78 is 24.2. The zero-order valence-corrected chi connectivity index (χ0v) is 15.9. The first-order valence-corrected chi connectivity index (χ1v) is 9.04. The van der Waals surface area contributed by atoms with E-state index in [4.69, 9.17) is 9.47 Å². The quantitative estimate of drug-likeness (QED) is 0.348. The minimum Gasteiger partial charge on any atom is -0.452 e. The molecule has 3 aromatic carbocycles. The average molecular weight is 388 g/mol. The van der Waals surface area contributed by atoms with Crippen LogP contribution in [0, 0.1) is 19.7 Å². The number of allylic oxidation sites excluding steroid dienone is 1. The predicted octanol–water partition coefficient (Wildman–Crippen LogP) is 5.28. The second kappa shape index (κ2) is 7.36. The molecule has 0 fully saturated rings. The molecule has 0 N–H and O–H groups in total. The Hall–Kier alpha value is -3.73. The Morgan fingerprint density at radius 3 is 2.45 bits per heavy atom. The first kappa shape index (κ1) is 18.6. The Bertz CT molecular complexity index is 1160. The highest BCUT2D eigenvalue weighted by molar-refractivity contribution is 6.15. The van der Waals surface area contributed by atoms with Crippen molar-refractivity contribution in [2.24, 2.45) is 0 Å². The van der Waals surface area contributed by atoms with Gasteiger partial charge >= 0.3 is 5.97 Å². The van der Waals surface area contributed by atoms with E-state index in [1.807, 2.05) is 31.2 Å². The summed E-state index contributed by atoms with van der Waals surface area (Å²) in [6.45, 7) is 3.71. The van der Waals surface area contributed by atoms with Crippen LogP contribution in [0.1, 0.15) is 37.4 Å². The zero-order valence-electron chi connectivity index (χ0n) is 15.9. The van der Waals surface area contributed by atoms with Crippen LogP contribution in [-0.2, 0) is 0 Å². The lowest BCUT2D eigenvalue weighted by Gasteiger charge is -2.08. The van der Waals surface area contributed by atoms with Gasteiger partial charge in [0.1, 0.15) is 17.3 Å². The molecule has 1 aliphatic rings. The van der Waals surface area contributed by atoms with E-state index in [9.17, 15) is 14.0 Å². The molecule has 29 heavy (non-hydrogen) atoms. The molecule has 5 heteroatoms. The average Bonchev–Trinajstić information content (AvgIpc) is 3.00. The van der Waals surface area contributed by atoms with Crippen LogP contribution in [0.5, 0.6) is 11.5 Å². The number of halogens is 1. The van der Waals surface area contributed by atoms with E-state index in [1.165, 1.54) is 30.3 Å². The van der Waals surface area contributed by atoms with Crippen LogP contribution in [0.25, 0.3) is 6.08 Å². The standard InChI is InChI=1S/C24H17FO4/c1-14-5-3-4-6-17(14)12-21-23(26)22-15(2)11-19(13-20(22)29-21)28-24(27)16-7-9-18(25)10-8-16/h3-13H,1-2H3/b21-12-. The van der Waals surface area contributed by atoms with Crippen molar-refractivity contribution in [1.82, 2.24) is 0 Å². The summed E-state index contributed by atoms with van der Waals surface area (Å²) >= 11 is 0. The number of Topliss-reactive ketones (excluding diaryl/α,β-unsaturated/α-hetero) is 1. The van der Waals surface area contributed by atoms with Gasteiger partial charge in [-0.2, -0.15) is 0 Å². The molecule has 1 heterocycles. The van der Waals surface area contributed by atoms with E-state index >= 15 is 0 Å². The van der Waals surface area contributed by atoms with E-state index in [2.05, 4.69) is 0 Å². The third kappa shape index (κ3) is 3.67. The first-order valence-electron chi connectivity index (χ1n) is 9.04. The monoisotopic (exact) mass is 388 g/mol. The molecule has 0 radical (unpaired) electrons. The fourth-order valence-corrected chi connectivity index (χ4v) is 3.18. The van der Waals surface area contributed by atoms with Crippen molar-refractivity contribution in [2.75, 3.05) is 0 Å². The van der Waals surface area contributed by atoms with Gasteiger partial charge in [0.2, 0.25) is 5.78 Å². The molecule has 0 aliphatic carbocycles. The number of ether oxygens (including phenoxy) is 2. The van der Waals surface area contributed by atoms with Gasteiger partial charge in [0.25, 0.3) is 0 Å². The molecule has 0 saturated heterocycles. The summed E-state index contributed by atoms with van der Waals surface area (Å²) in [7, 11) is 0. The van der Waals surface area contributed by atoms with Crippen LogP contribution >= 0.6 is 0 Å². The number of hydrogen-bond donors (Lipinski definition) is 0. The summed E-state index contributed by atoms with van der Waals surface area (Å²) in [5, 5.41) is 0.